The van der Waals surface area contributed by atoms with Gasteiger partial charge in [-0.2, -0.15) is 0 Å². The van der Waals surface area contributed by atoms with Crippen LogP contribution in [0.25, 0.3) is 0 Å². The minimum atomic E-state index is -0.157. The van der Waals surface area contributed by atoms with Crippen LogP contribution >= 0.6 is 0 Å². The van der Waals surface area contributed by atoms with E-state index < -0.39 is 0 Å². The monoisotopic (exact) mass is 276 g/mol. The van der Waals surface area contributed by atoms with Crippen molar-refractivity contribution >= 4 is 11.9 Å². The van der Waals surface area contributed by atoms with E-state index in [1.165, 1.54) is 0 Å². The summed E-state index contributed by atoms with van der Waals surface area (Å²) in [6.45, 7) is 3.57. The highest BCUT2D eigenvalue weighted by molar-refractivity contribution is 5.70. The van der Waals surface area contributed by atoms with Crippen LogP contribution in [0, 0.1) is 0 Å². The van der Waals surface area contributed by atoms with Gasteiger partial charge in [0, 0.05) is 25.7 Å². The van der Waals surface area contributed by atoms with Crippen molar-refractivity contribution in [2.75, 3.05) is 0 Å². The van der Waals surface area contributed by atoms with Crippen molar-refractivity contribution in [3.63, 3.8) is 0 Å². The van der Waals surface area contributed by atoms with Gasteiger partial charge in [-0.1, -0.05) is 38.2 Å². The molecule has 0 spiro atoms. The molecule has 0 aromatic carbocycles. The van der Waals surface area contributed by atoms with E-state index in [1.54, 1.807) is 13.8 Å². The van der Waals surface area contributed by atoms with Gasteiger partial charge in [0.2, 0.25) is 0 Å². The van der Waals surface area contributed by atoms with Crippen LogP contribution in [0.3, 0.4) is 0 Å². The average Bonchev–Trinajstić information content (AvgIpc) is 3.12. The van der Waals surface area contributed by atoms with Crippen LogP contribution in [0.1, 0.15) is 39.5 Å². The van der Waals surface area contributed by atoms with E-state index in [9.17, 15) is 9.59 Å². The Morgan fingerprint density at radius 2 is 1.30 bits per heavy atom. The molecule has 0 unspecified atom stereocenters. The average molecular weight is 276 g/mol. The molecule has 0 saturated heterocycles. The van der Waals surface area contributed by atoms with E-state index >= 15 is 0 Å². The van der Waals surface area contributed by atoms with Gasteiger partial charge in [-0.05, 0) is 12.2 Å². The van der Waals surface area contributed by atoms with Gasteiger partial charge in [-0.3, -0.25) is 9.59 Å². The maximum atomic E-state index is 10.7. The predicted octanol–water partition coefficient (Wildman–Crippen LogP) is 3.57. The summed E-state index contributed by atoms with van der Waals surface area (Å²) in [4.78, 5) is 21.4. The van der Waals surface area contributed by atoms with Crippen LogP contribution in [0.15, 0.2) is 48.0 Å². The summed E-state index contributed by atoms with van der Waals surface area (Å²) in [7, 11) is 0. The second-order valence-electron chi connectivity index (χ2n) is 4.19. The third kappa shape index (κ3) is 6.18. The third-order valence-corrected chi connectivity index (χ3v) is 2.54. The van der Waals surface area contributed by atoms with Gasteiger partial charge in [-0.15, -0.1) is 0 Å². The molecule has 0 aliphatic heterocycles. The molecule has 2 aliphatic carbocycles. The van der Waals surface area contributed by atoms with Crippen molar-refractivity contribution < 1.29 is 19.1 Å². The molecule has 0 atom stereocenters. The molecule has 0 N–H and O–H groups in total. The van der Waals surface area contributed by atoms with E-state index in [4.69, 9.17) is 9.47 Å². The lowest BCUT2D eigenvalue weighted by Crippen LogP contribution is -2.00. The van der Waals surface area contributed by atoms with E-state index in [0.717, 1.165) is 24.4 Å². The zero-order valence-electron chi connectivity index (χ0n) is 11.9. The Morgan fingerprint density at radius 3 is 1.55 bits per heavy atom. The maximum Gasteiger partial charge on any atom is 0.310 e. The summed E-state index contributed by atoms with van der Waals surface area (Å²) in [6, 6.07) is 0. The van der Waals surface area contributed by atoms with Gasteiger partial charge >= 0.3 is 11.9 Å². The molecule has 108 valence electrons. The molecule has 4 nitrogen and oxygen atoms in total. The number of rotatable bonds is 4. The van der Waals surface area contributed by atoms with Gasteiger partial charge in [-0.25, -0.2) is 0 Å². The Hall–Kier alpha value is -2.10. The number of allylic oxidation sites excluding steroid dienone is 6. The van der Waals surface area contributed by atoms with Crippen molar-refractivity contribution in [2.45, 2.75) is 39.5 Å². The molecule has 2 aliphatic rings. The summed E-state index contributed by atoms with van der Waals surface area (Å²) in [5.74, 6) is 1.20. The molecule has 0 bridgehead atoms. The van der Waals surface area contributed by atoms with Crippen molar-refractivity contribution in [1.82, 2.24) is 0 Å². The maximum absolute atomic E-state index is 10.7. The molecule has 0 saturated carbocycles. The molecule has 0 radical (unpaired) electrons. The zero-order chi connectivity index (χ0) is 14.8. The van der Waals surface area contributed by atoms with Crippen molar-refractivity contribution in [2.24, 2.45) is 0 Å². The van der Waals surface area contributed by atoms with Gasteiger partial charge in [0.25, 0.3) is 0 Å². The van der Waals surface area contributed by atoms with Crippen LogP contribution in [0.4, 0.5) is 0 Å². The summed E-state index contributed by atoms with van der Waals surface area (Å²) in [5.41, 5.74) is 0. The lowest BCUT2D eigenvalue weighted by atomic mass is 10.4. The zero-order valence-corrected chi connectivity index (χ0v) is 11.9. The summed E-state index contributed by atoms with van der Waals surface area (Å²) >= 11 is 0. The highest BCUT2D eigenvalue weighted by Crippen LogP contribution is 2.12. The summed E-state index contributed by atoms with van der Waals surface area (Å²) in [5, 5.41) is 0. The Labute approximate surface area is 119 Å². The highest BCUT2D eigenvalue weighted by atomic mass is 16.5. The molecule has 0 amide bonds. The Morgan fingerprint density at radius 1 is 0.900 bits per heavy atom. The topological polar surface area (TPSA) is 52.6 Å². The molecule has 0 aromatic heterocycles. The molecule has 0 heterocycles. The van der Waals surface area contributed by atoms with Gasteiger partial charge < -0.3 is 9.47 Å². The Bertz CT molecular complexity index is 423. The van der Waals surface area contributed by atoms with Crippen molar-refractivity contribution in [3.05, 3.63) is 48.0 Å². The number of carbonyl (C=O) groups excluding carboxylic acids is 2. The second-order valence-corrected chi connectivity index (χ2v) is 4.19. The van der Waals surface area contributed by atoms with Gasteiger partial charge in [0.05, 0.1) is 0 Å². The smallest absolute Gasteiger partial charge is 0.310 e. The molecule has 0 aromatic rings. The molecule has 20 heavy (non-hydrogen) atoms. The van der Waals surface area contributed by atoms with Crippen LogP contribution in [-0.2, 0) is 19.1 Å². The first-order valence-corrected chi connectivity index (χ1v) is 6.78. The number of hydrogen-bond acceptors (Lipinski definition) is 4. The quantitative estimate of drug-likeness (QED) is 0.737. The summed E-state index contributed by atoms with van der Waals surface area (Å²) < 4.78 is 9.84. The van der Waals surface area contributed by atoms with Crippen LogP contribution in [0.5, 0.6) is 0 Å². The highest BCUT2D eigenvalue weighted by Gasteiger charge is 2.05. The fraction of sp³-hybridized carbons (Fsp3) is 0.375. The lowest BCUT2D eigenvalue weighted by Gasteiger charge is -2.00. The fourth-order valence-corrected chi connectivity index (χ4v) is 1.44. The first-order chi connectivity index (χ1) is 9.65. The fourth-order valence-electron chi connectivity index (χ4n) is 1.44. The van der Waals surface area contributed by atoms with Gasteiger partial charge in [0.15, 0.2) is 0 Å². The second kappa shape index (κ2) is 8.91. The molecular weight excluding hydrogens is 256 g/mol. The molecule has 2 rings (SSSR count). The Kier molecular flexibility index (Phi) is 7.11. The van der Waals surface area contributed by atoms with Crippen LogP contribution in [0.2, 0.25) is 0 Å². The predicted molar refractivity (Wildman–Crippen MR) is 76.4 cm³/mol. The molecule has 4 heteroatoms. The first-order valence-electron chi connectivity index (χ1n) is 6.78. The van der Waals surface area contributed by atoms with Crippen LogP contribution in [-0.4, -0.2) is 11.9 Å². The Balaban J connectivity index is 0.000000200. The number of hydrogen-bond donors (Lipinski definition) is 0. The molecule has 0 fully saturated rings. The van der Waals surface area contributed by atoms with Crippen molar-refractivity contribution in [1.29, 1.82) is 0 Å². The minimum Gasteiger partial charge on any atom is -0.431 e. The number of esters is 2. The SMILES string of the molecule is CCC(=O)OC1=CC=CC1.CCC(=O)OC1=CC=CC1. The van der Waals surface area contributed by atoms with E-state index in [0.29, 0.717) is 12.8 Å². The van der Waals surface area contributed by atoms with Crippen molar-refractivity contribution in [3.8, 4) is 0 Å². The van der Waals surface area contributed by atoms with Crippen LogP contribution < -0.4 is 0 Å². The number of carbonyl (C=O) groups is 2. The molecular formula is C16H20O4. The minimum absolute atomic E-state index is 0.157. The van der Waals surface area contributed by atoms with E-state index in [1.807, 2.05) is 36.5 Å². The number of ether oxygens (including phenoxy) is 2. The first kappa shape index (κ1) is 16.0. The standard InChI is InChI=1S/2C8H10O2/c2*1-2-8(9)10-7-5-3-4-6-7/h2*3-5H,2,6H2,1H3. The van der Waals surface area contributed by atoms with E-state index in [2.05, 4.69) is 0 Å². The lowest BCUT2D eigenvalue weighted by molar-refractivity contribution is -0.140. The van der Waals surface area contributed by atoms with Gasteiger partial charge in [0.1, 0.15) is 11.5 Å². The summed E-state index contributed by atoms with van der Waals surface area (Å²) in [6.07, 6.45) is 13.7. The van der Waals surface area contributed by atoms with E-state index in [-0.39, 0.29) is 11.9 Å². The normalized spacial score (nSPS) is 15.1. The largest absolute Gasteiger partial charge is 0.431 e. The third-order valence-electron chi connectivity index (χ3n) is 2.54.